The van der Waals surface area contributed by atoms with E-state index in [2.05, 4.69) is 14.7 Å². The molecular weight excluding hydrogens is 523 g/mol. The van der Waals surface area contributed by atoms with Gasteiger partial charge in [0.25, 0.3) is 0 Å². The van der Waals surface area contributed by atoms with Crippen molar-refractivity contribution in [1.82, 2.24) is 19.2 Å². The Balaban J connectivity index is 1.60. The van der Waals surface area contributed by atoms with E-state index < -0.39 is 21.4 Å². The van der Waals surface area contributed by atoms with Crippen LogP contribution in [-0.4, -0.2) is 81.9 Å². The van der Waals surface area contributed by atoms with Crippen molar-refractivity contribution < 1.29 is 22.3 Å². The zero-order valence-electron chi connectivity index (χ0n) is 22.8. The monoisotopic (exact) mass is 556 g/mol. The molecule has 1 N–H and O–H groups in total. The fourth-order valence-electron chi connectivity index (χ4n) is 5.28. The van der Waals surface area contributed by atoms with Crippen molar-refractivity contribution in [1.29, 1.82) is 0 Å². The Morgan fingerprint density at radius 3 is 2.51 bits per heavy atom. The highest BCUT2D eigenvalue weighted by Gasteiger charge is 2.54. The number of hydrogen-bond acceptors (Lipinski definition) is 7. The van der Waals surface area contributed by atoms with E-state index in [4.69, 9.17) is 4.74 Å². The van der Waals surface area contributed by atoms with Gasteiger partial charge in [-0.3, -0.25) is 14.5 Å². The van der Waals surface area contributed by atoms with E-state index in [9.17, 15) is 13.2 Å². The van der Waals surface area contributed by atoms with Crippen molar-refractivity contribution in [3.8, 4) is 17.0 Å². The molecule has 1 fully saturated rings. The number of rotatable bonds is 9. The van der Waals surface area contributed by atoms with E-state index in [-0.39, 0.29) is 23.0 Å². The summed E-state index contributed by atoms with van der Waals surface area (Å²) in [6.45, 7) is 1.11. The fraction of sp³-hybridized carbons (Fsp3) is 0.444. The van der Waals surface area contributed by atoms with Crippen LogP contribution in [0, 0.1) is 5.82 Å². The molecule has 1 amide bonds. The zero-order chi connectivity index (χ0) is 28.1. The van der Waals surface area contributed by atoms with E-state index >= 15 is 4.39 Å². The van der Waals surface area contributed by atoms with Crippen LogP contribution >= 0.6 is 0 Å². The number of carbonyl (C=O) groups is 1. The minimum atomic E-state index is -3.88. The maximum Gasteiger partial charge on any atom is 0.301 e. The maximum absolute atomic E-state index is 15.5. The molecule has 1 saturated carbocycles. The van der Waals surface area contributed by atoms with Crippen molar-refractivity contribution >= 4 is 38.4 Å². The molecular formula is C27H33FN6O4S. The SMILES string of the molecule is CN(C)CCCOc1ncc(-c2cc3c4c(cnc3cc2F)N(C)C(=O)C42CCC2)cc1NS(=O)(=O)N(C)C. The first-order valence-electron chi connectivity index (χ1n) is 12.8. The van der Waals surface area contributed by atoms with Crippen LogP contribution in [0.15, 0.2) is 30.6 Å². The molecule has 0 atom stereocenters. The van der Waals surface area contributed by atoms with Crippen LogP contribution in [0.5, 0.6) is 5.88 Å². The largest absolute Gasteiger partial charge is 0.476 e. The van der Waals surface area contributed by atoms with E-state index in [1.54, 1.807) is 24.2 Å². The number of nitrogens with one attached hydrogen (secondary N) is 1. The van der Waals surface area contributed by atoms with Gasteiger partial charge in [-0.15, -0.1) is 0 Å². The van der Waals surface area contributed by atoms with Crippen molar-refractivity contribution in [2.45, 2.75) is 31.1 Å². The number of carbonyl (C=O) groups excluding carboxylic acids is 1. The van der Waals surface area contributed by atoms with Crippen molar-refractivity contribution in [2.24, 2.45) is 0 Å². The molecule has 0 unspecified atom stereocenters. The molecule has 2 aromatic heterocycles. The second kappa shape index (κ2) is 10.00. The van der Waals surface area contributed by atoms with Crippen LogP contribution < -0.4 is 14.4 Å². The standard InChI is InChI=1S/C27H33FN6O4S/c1-32(2)10-7-11-38-25-22(31-39(36,37)33(3)4)12-17(15-30-25)18-13-19-21(14-20(18)28)29-16-23-24(19)27(8-6-9-27)26(35)34(23)5/h12-16,31H,6-11H2,1-5H3. The van der Waals surface area contributed by atoms with Crippen LogP contribution in [0.3, 0.4) is 0 Å². The predicted octanol–water partition coefficient (Wildman–Crippen LogP) is 3.38. The summed E-state index contributed by atoms with van der Waals surface area (Å²) in [6, 6.07) is 4.57. The van der Waals surface area contributed by atoms with Crippen LogP contribution in [0.25, 0.3) is 22.0 Å². The van der Waals surface area contributed by atoms with Gasteiger partial charge in [0, 0.05) is 62.0 Å². The molecule has 3 aromatic rings. The number of fused-ring (bicyclic) bond motifs is 4. The van der Waals surface area contributed by atoms with Crippen molar-refractivity contribution in [2.75, 3.05) is 58.0 Å². The second-order valence-electron chi connectivity index (χ2n) is 10.6. The Kier molecular flexibility index (Phi) is 6.98. The molecule has 1 aliphatic carbocycles. The Hall–Kier alpha value is -3.35. The molecule has 208 valence electrons. The van der Waals surface area contributed by atoms with Gasteiger partial charge in [0.2, 0.25) is 11.8 Å². The number of pyridine rings is 2. The van der Waals surface area contributed by atoms with Crippen LogP contribution in [-0.2, 0) is 20.4 Å². The molecule has 12 heteroatoms. The highest BCUT2D eigenvalue weighted by Crippen LogP contribution is 2.55. The van der Waals surface area contributed by atoms with E-state index in [0.29, 0.717) is 29.5 Å². The molecule has 0 saturated heterocycles. The molecule has 0 radical (unpaired) electrons. The Bertz CT molecular complexity index is 1560. The normalized spacial score (nSPS) is 16.3. The van der Waals surface area contributed by atoms with Gasteiger partial charge in [-0.2, -0.15) is 12.7 Å². The van der Waals surface area contributed by atoms with E-state index in [1.165, 1.54) is 32.4 Å². The van der Waals surface area contributed by atoms with Gasteiger partial charge in [-0.1, -0.05) is 6.42 Å². The predicted molar refractivity (Wildman–Crippen MR) is 149 cm³/mol. The third kappa shape index (κ3) is 4.70. The first kappa shape index (κ1) is 27.2. The number of amides is 1. The summed E-state index contributed by atoms with van der Waals surface area (Å²) >= 11 is 0. The van der Waals surface area contributed by atoms with Gasteiger partial charge < -0.3 is 14.5 Å². The number of hydrogen-bond donors (Lipinski definition) is 1. The third-order valence-corrected chi connectivity index (χ3v) is 9.01. The molecule has 1 spiro atoms. The lowest BCUT2D eigenvalue weighted by Gasteiger charge is -2.37. The summed E-state index contributed by atoms with van der Waals surface area (Å²) < 4.78 is 50.2. The molecule has 10 nitrogen and oxygen atoms in total. The summed E-state index contributed by atoms with van der Waals surface area (Å²) in [5, 5.41) is 0.709. The third-order valence-electron chi connectivity index (χ3n) is 7.57. The van der Waals surface area contributed by atoms with Gasteiger partial charge in [0.05, 0.1) is 29.4 Å². The fourth-order valence-corrected chi connectivity index (χ4v) is 5.89. The van der Waals surface area contributed by atoms with Crippen molar-refractivity contribution in [3.63, 3.8) is 0 Å². The number of benzene rings is 1. The zero-order valence-corrected chi connectivity index (χ0v) is 23.6. The van der Waals surface area contributed by atoms with Crippen LogP contribution in [0.1, 0.15) is 31.2 Å². The lowest BCUT2D eigenvalue weighted by molar-refractivity contribution is -0.125. The number of aromatic nitrogens is 2. The van der Waals surface area contributed by atoms with E-state index in [1.807, 2.05) is 19.0 Å². The van der Waals surface area contributed by atoms with Crippen molar-refractivity contribution in [3.05, 3.63) is 42.0 Å². The maximum atomic E-state index is 15.5. The molecule has 1 aromatic carbocycles. The van der Waals surface area contributed by atoms with Gasteiger partial charge in [-0.25, -0.2) is 9.37 Å². The molecule has 3 heterocycles. The smallest absolute Gasteiger partial charge is 0.301 e. The van der Waals surface area contributed by atoms with Gasteiger partial charge in [0.1, 0.15) is 11.5 Å². The lowest BCUT2D eigenvalue weighted by atomic mass is 9.64. The average molecular weight is 557 g/mol. The minimum absolute atomic E-state index is 0.0433. The molecule has 39 heavy (non-hydrogen) atoms. The minimum Gasteiger partial charge on any atom is -0.476 e. The molecule has 0 bridgehead atoms. The highest BCUT2D eigenvalue weighted by atomic mass is 32.2. The van der Waals surface area contributed by atoms with Crippen LogP contribution in [0.4, 0.5) is 15.8 Å². The quantitative estimate of drug-likeness (QED) is 0.403. The summed E-state index contributed by atoms with van der Waals surface area (Å²) in [6.07, 6.45) is 6.25. The van der Waals surface area contributed by atoms with Gasteiger partial charge >= 0.3 is 10.2 Å². The average Bonchev–Trinajstić information content (AvgIpc) is 3.08. The summed E-state index contributed by atoms with van der Waals surface area (Å²) in [7, 11) is 4.58. The molecule has 1 aliphatic heterocycles. The topological polar surface area (TPSA) is 108 Å². The van der Waals surface area contributed by atoms with Gasteiger partial charge in [-0.05, 0) is 45.5 Å². The summed E-state index contributed by atoms with van der Waals surface area (Å²) in [5.74, 6) is -0.382. The first-order chi connectivity index (χ1) is 18.4. The number of likely N-dealkylation sites (N-methyl/N-ethyl adjacent to an activating group) is 1. The molecule has 2 aliphatic rings. The lowest BCUT2D eigenvalue weighted by Crippen LogP contribution is -2.43. The number of anilines is 2. The first-order valence-corrected chi connectivity index (χ1v) is 14.3. The number of ether oxygens (including phenoxy) is 1. The Labute approximate surface area is 228 Å². The van der Waals surface area contributed by atoms with Crippen LogP contribution in [0.2, 0.25) is 0 Å². The summed E-state index contributed by atoms with van der Waals surface area (Å²) in [5.41, 5.74) is 2.18. The summed E-state index contributed by atoms with van der Waals surface area (Å²) in [4.78, 5) is 25.6. The Morgan fingerprint density at radius 1 is 1.13 bits per heavy atom. The molecule has 5 rings (SSSR count). The van der Waals surface area contributed by atoms with Gasteiger partial charge in [0.15, 0.2) is 0 Å². The number of nitrogens with zero attached hydrogens (tertiary/aromatic N) is 5. The second-order valence-corrected chi connectivity index (χ2v) is 12.5. The Morgan fingerprint density at radius 2 is 1.87 bits per heavy atom. The number of halogens is 1. The highest BCUT2D eigenvalue weighted by molar-refractivity contribution is 7.90. The van der Waals surface area contributed by atoms with E-state index in [0.717, 1.165) is 41.4 Å².